The van der Waals surface area contributed by atoms with E-state index in [1.54, 1.807) is 6.20 Å². The van der Waals surface area contributed by atoms with Crippen LogP contribution in [0.25, 0.3) is 0 Å². The third-order valence-electron chi connectivity index (χ3n) is 1.98. The number of terminal acetylenes is 1. The summed E-state index contributed by atoms with van der Waals surface area (Å²) in [5, 5.41) is 3.28. The second-order valence-electron chi connectivity index (χ2n) is 2.98. The summed E-state index contributed by atoms with van der Waals surface area (Å²) in [6, 6.07) is 4.06. The monoisotopic (exact) mass is 189 g/mol. The summed E-state index contributed by atoms with van der Waals surface area (Å²) in [5.74, 6) is 2.58. The Hall–Kier alpha value is -1.37. The van der Waals surface area contributed by atoms with Crippen LogP contribution in [0.1, 0.15) is 18.0 Å². The van der Waals surface area contributed by atoms with Gasteiger partial charge in [0, 0.05) is 37.9 Å². The number of aromatic nitrogens is 1. The molecule has 0 aliphatic heterocycles. The van der Waals surface area contributed by atoms with Gasteiger partial charge in [0.2, 0.25) is 0 Å². The molecular formula is C11H15N3. The second kappa shape index (κ2) is 6.14. The van der Waals surface area contributed by atoms with Gasteiger partial charge < -0.3 is 11.1 Å². The number of hydrogen-bond donors (Lipinski definition) is 2. The highest BCUT2D eigenvalue weighted by Crippen LogP contribution is 2.08. The van der Waals surface area contributed by atoms with Gasteiger partial charge >= 0.3 is 0 Å². The maximum Gasteiger partial charge on any atom is 0.0460 e. The van der Waals surface area contributed by atoms with Crippen LogP contribution >= 0.6 is 0 Å². The lowest BCUT2D eigenvalue weighted by molar-refractivity contribution is 0.549. The standard InChI is InChI=1S/C11H15N3/c1-2-3-7-14-11(8-12)10-5-4-6-13-9-10/h1,4-6,9,11,14H,3,7-8,12H2. The zero-order chi connectivity index (χ0) is 10.2. The van der Waals surface area contributed by atoms with Gasteiger partial charge in [0.05, 0.1) is 0 Å². The number of nitrogens with two attached hydrogens (primary N) is 1. The molecule has 3 heteroatoms. The first kappa shape index (κ1) is 10.7. The average molecular weight is 189 g/mol. The molecule has 1 rings (SSSR count). The van der Waals surface area contributed by atoms with Crippen LogP contribution in [0.2, 0.25) is 0 Å². The lowest BCUT2D eigenvalue weighted by Gasteiger charge is -2.15. The Bertz CT molecular complexity index is 289. The van der Waals surface area contributed by atoms with E-state index >= 15 is 0 Å². The summed E-state index contributed by atoms with van der Waals surface area (Å²) in [6.07, 6.45) is 9.45. The Morgan fingerprint density at radius 3 is 3.07 bits per heavy atom. The van der Waals surface area contributed by atoms with Crippen molar-refractivity contribution in [2.24, 2.45) is 5.73 Å². The van der Waals surface area contributed by atoms with Crippen LogP contribution in [-0.4, -0.2) is 18.1 Å². The molecular weight excluding hydrogens is 174 g/mol. The van der Waals surface area contributed by atoms with Crippen molar-refractivity contribution in [3.63, 3.8) is 0 Å². The van der Waals surface area contributed by atoms with Crippen LogP contribution < -0.4 is 11.1 Å². The fourth-order valence-corrected chi connectivity index (χ4v) is 1.24. The fraction of sp³-hybridized carbons (Fsp3) is 0.364. The van der Waals surface area contributed by atoms with Crippen LogP contribution in [0, 0.1) is 12.3 Å². The van der Waals surface area contributed by atoms with Gasteiger partial charge in [-0.05, 0) is 11.6 Å². The highest BCUT2D eigenvalue weighted by Gasteiger charge is 2.07. The van der Waals surface area contributed by atoms with E-state index in [0.29, 0.717) is 6.54 Å². The molecule has 0 fully saturated rings. The molecule has 0 aliphatic carbocycles. The van der Waals surface area contributed by atoms with Gasteiger partial charge in [0.1, 0.15) is 0 Å². The van der Waals surface area contributed by atoms with E-state index in [0.717, 1.165) is 18.5 Å². The molecule has 0 saturated carbocycles. The Morgan fingerprint density at radius 2 is 2.50 bits per heavy atom. The first-order valence-corrected chi connectivity index (χ1v) is 4.65. The molecule has 0 aromatic carbocycles. The predicted octanol–water partition coefficient (Wildman–Crippen LogP) is 0.694. The Balaban J connectivity index is 2.51. The SMILES string of the molecule is C#CCCNC(CN)c1cccnc1. The minimum atomic E-state index is 0.150. The summed E-state index contributed by atoms with van der Waals surface area (Å²) in [4.78, 5) is 4.05. The van der Waals surface area contributed by atoms with E-state index in [1.807, 2.05) is 18.3 Å². The molecule has 1 heterocycles. The van der Waals surface area contributed by atoms with Crippen molar-refractivity contribution in [1.29, 1.82) is 0 Å². The fourth-order valence-electron chi connectivity index (χ4n) is 1.24. The number of rotatable bonds is 5. The summed E-state index contributed by atoms with van der Waals surface area (Å²) >= 11 is 0. The molecule has 0 saturated heterocycles. The largest absolute Gasteiger partial charge is 0.329 e. The van der Waals surface area contributed by atoms with Crippen LogP contribution in [0.4, 0.5) is 0 Å². The molecule has 0 aliphatic rings. The van der Waals surface area contributed by atoms with Crippen LogP contribution in [0.3, 0.4) is 0 Å². The van der Waals surface area contributed by atoms with Crippen molar-refractivity contribution < 1.29 is 0 Å². The van der Waals surface area contributed by atoms with E-state index in [-0.39, 0.29) is 6.04 Å². The zero-order valence-electron chi connectivity index (χ0n) is 8.11. The van der Waals surface area contributed by atoms with Crippen molar-refractivity contribution in [3.05, 3.63) is 30.1 Å². The molecule has 0 bridgehead atoms. The Kier molecular flexibility index (Phi) is 4.70. The van der Waals surface area contributed by atoms with Crippen molar-refractivity contribution in [1.82, 2.24) is 10.3 Å². The molecule has 74 valence electrons. The molecule has 14 heavy (non-hydrogen) atoms. The van der Waals surface area contributed by atoms with Gasteiger partial charge in [0.15, 0.2) is 0 Å². The van der Waals surface area contributed by atoms with Crippen molar-refractivity contribution in [2.75, 3.05) is 13.1 Å². The molecule has 1 aromatic heterocycles. The van der Waals surface area contributed by atoms with Crippen LogP contribution in [0.15, 0.2) is 24.5 Å². The molecule has 1 atom stereocenters. The Morgan fingerprint density at radius 1 is 1.64 bits per heavy atom. The highest BCUT2D eigenvalue weighted by molar-refractivity contribution is 5.14. The summed E-state index contributed by atoms with van der Waals surface area (Å²) in [6.45, 7) is 1.34. The van der Waals surface area contributed by atoms with E-state index in [4.69, 9.17) is 12.2 Å². The van der Waals surface area contributed by atoms with Crippen molar-refractivity contribution in [3.8, 4) is 12.3 Å². The number of nitrogens with zero attached hydrogens (tertiary/aromatic N) is 1. The number of pyridine rings is 1. The molecule has 0 spiro atoms. The molecule has 1 aromatic rings. The minimum Gasteiger partial charge on any atom is -0.329 e. The van der Waals surface area contributed by atoms with Crippen LogP contribution in [0.5, 0.6) is 0 Å². The lowest BCUT2D eigenvalue weighted by atomic mass is 10.1. The van der Waals surface area contributed by atoms with Gasteiger partial charge in [-0.3, -0.25) is 4.98 Å². The van der Waals surface area contributed by atoms with Gasteiger partial charge in [-0.1, -0.05) is 6.07 Å². The van der Waals surface area contributed by atoms with E-state index in [9.17, 15) is 0 Å². The quantitative estimate of drug-likeness (QED) is 0.529. The van der Waals surface area contributed by atoms with Gasteiger partial charge in [0.25, 0.3) is 0 Å². The second-order valence-corrected chi connectivity index (χ2v) is 2.98. The van der Waals surface area contributed by atoms with Crippen LogP contribution in [-0.2, 0) is 0 Å². The van der Waals surface area contributed by atoms with E-state index in [1.165, 1.54) is 0 Å². The smallest absolute Gasteiger partial charge is 0.0460 e. The molecule has 0 radical (unpaired) electrons. The van der Waals surface area contributed by atoms with Gasteiger partial charge in [-0.25, -0.2) is 0 Å². The number of hydrogen-bond acceptors (Lipinski definition) is 3. The normalized spacial score (nSPS) is 12.0. The number of nitrogens with one attached hydrogen (secondary N) is 1. The summed E-state index contributed by atoms with van der Waals surface area (Å²) < 4.78 is 0. The van der Waals surface area contributed by atoms with Gasteiger partial charge in [-0.15, -0.1) is 12.3 Å². The van der Waals surface area contributed by atoms with Gasteiger partial charge in [-0.2, -0.15) is 0 Å². The van der Waals surface area contributed by atoms with Crippen molar-refractivity contribution >= 4 is 0 Å². The third-order valence-corrected chi connectivity index (χ3v) is 1.98. The van der Waals surface area contributed by atoms with E-state index in [2.05, 4.69) is 16.2 Å². The first-order valence-electron chi connectivity index (χ1n) is 4.65. The van der Waals surface area contributed by atoms with E-state index < -0.39 is 0 Å². The predicted molar refractivity (Wildman–Crippen MR) is 57.5 cm³/mol. The Labute approximate surface area is 84.7 Å². The molecule has 0 amide bonds. The maximum atomic E-state index is 5.65. The first-order chi connectivity index (χ1) is 6.88. The maximum absolute atomic E-state index is 5.65. The zero-order valence-corrected chi connectivity index (χ0v) is 8.11. The highest BCUT2D eigenvalue weighted by atomic mass is 14.9. The third kappa shape index (κ3) is 3.17. The van der Waals surface area contributed by atoms with Crippen molar-refractivity contribution in [2.45, 2.75) is 12.5 Å². The molecule has 3 nitrogen and oxygen atoms in total. The minimum absolute atomic E-state index is 0.150. The topological polar surface area (TPSA) is 50.9 Å². The molecule has 1 unspecified atom stereocenters. The summed E-state index contributed by atoms with van der Waals surface area (Å²) in [7, 11) is 0. The average Bonchev–Trinajstić information content (AvgIpc) is 2.26. The summed E-state index contributed by atoms with van der Waals surface area (Å²) in [5.41, 5.74) is 6.75. The lowest BCUT2D eigenvalue weighted by Crippen LogP contribution is -2.28. The molecule has 3 N–H and O–H groups in total.